The number of urea groups is 1. The van der Waals surface area contributed by atoms with Gasteiger partial charge in [-0.05, 0) is 50.4 Å². The Morgan fingerprint density at radius 3 is 2.52 bits per heavy atom. The molecule has 2 fully saturated rings. The molecule has 2 amide bonds. The molecule has 0 spiro atoms. The van der Waals surface area contributed by atoms with Crippen molar-refractivity contribution in [1.29, 1.82) is 0 Å². The Balaban J connectivity index is 1.80. The van der Waals surface area contributed by atoms with Crippen LogP contribution in [0.15, 0.2) is 0 Å². The first-order valence-corrected chi connectivity index (χ1v) is 8.25. The predicted octanol–water partition coefficient (Wildman–Crippen LogP) is 2.71. The van der Waals surface area contributed by atoms with Gasteiger partial charge < -0.3 is 15.3 Å². The zero-order valence-corrected chi connectivity index (χ0v) is 13.2. The van der Waals surface area contributed by atoms with Crippen molar-refractivity contribution in [1.82, 2.24) is 10.2 Å². The van der Waals surface area contributed by atoms with Crippen LogP contribution in [0, 0.1) is 17.8 Å². The van der Waals surface area contributed by atoms with Crippen LogP contribution in [0.2, 0.25) is 0 Å². The highest BCUT2D eigenvalue weighted by molar-refractivity contribution is 5.75. The van der Waals surface area contributed by atoms with Crippen molar-refractivity contribution in [3.63, 3.8) is 0 Å². The number of nitrogens with zero attached hydrogens (tertiary/aromatic N) is 1. The van der Waals surface area contributed by atoms with Gasteiger partial charge in [-0.1, -0.05) is 13.8 Å². The van der Waals surface area contributed by atoms with Crippen molar-refractivity contribution in [2.24, 2.45) is 17.8 Å². The first-order valence-electron chi connectivity index (χ1n) is 8.25. The van der Waals surface area contributed by atoms with E-state index in [0.717, 1.165) is 32.4 Å². The fourth-order valence-corrected chi connectivity index (χ4v) is 3.59. The van der Waals surface area contributed by atoms with Gasteiger partial charge in [-0.25, -0.2) is 4.79 Å². The van der Waals surface area contributed by atoms with Crippen molar-refractivity contribution in [2.75, 3.05) is 13.1 Å². The molecule has 0 aromatic heterocycles. The Bertz CT molecular complexity index is 384. The van der Waals surface area contributed by atoms with E-state index < -0.39 is 5.97 Å². The number of carboxylic acids is 1. The summed E-state index contributed by atoms with van der Waals surface area (Å²) in [6.45, 7) is 6.16. The summed E-state index contributed by atoms with van der Waals surface area (Å²) in [6, 6.07) is 0.0261. The number of rotatable bonds is 3. The largest absolute Gasteiger partial charge is 0.481 e. The summed E-state index contributed by atoms with van der Waals surface area (Å²) in [5, 5.41) is 12.0. The second kappa shape index (κ2) is 7.14. The molecule has 0 radical (unpaired) electrons. The Morgan fingerprint density at radius 1 is 1.14 bits per heavy atom. The molecule has 0 aromatic rings. The lowest BCUT2D eigenvalue weighted by Gasteiger charge is -2.24. The Labute approximate surface area is 127 Å². The van der Waals surface area contributed by atoms with Gasteiger partial charge in [-0.3, -0.25) is 4.79 Å². The van der Waals surface area contributed by atoms with E-state index in [1.807, 2.05) is 4.90 Å². The van der Waals surface area contributed by atoms with Crippen molar-refractivity contribution in [2.45, 2.75) is 58.4 Å². The van der Waals surface area contributed by atoms with E-state index >= 15 is 0 Å². The maximum atomic E-state index is 12.3. The van der Waals surface area contributed by atoms with Crippen LogP contribution in [0.4, 0.5) is 4.79 Å². The lowest BCUT2D eigenvalue weighted by Crippen LogP contribution is -2.44. The molecule has 1 aliphatic heterocycles. The van der Waals surface area contributed by atoms with Crippen molar-refractivity contribution in [3.05, 3.63) is 0 Å². The molecule has 3 atom stereocenters. The van der Waals surface area contributed by atoms with Crippen molar-refractivity contribution < 1.29 is 14.7 Å². The van der Waals surface area contributed by atoms with E-state index in [0.29, 0.717) is 24.7 Å². The predicted molar refractivity (Wildman–Crippen MR) is 81.0 cm³/mol. The smallest absolute Gasteiger partial charge is 0.317 e. The van der Waals surface area contributed by atoms with Gasteiger partial charge in [-0.15, -0.1) is 0 Å². The van der Waals surface area contributed by atoms with Crippen molar-refractivity contribution in [3.8, 4) is 0 Å². The molecule has 2 aliphatic rings. The van der Waals surface area contributed by atoms with Crippen LogP contribution in [0.1, 0.15) is 52.4 Å². The minimum absolute atomic E-state index is 0.00422. The molecule has 2 rings (SSSR count). The van der Waals surface area contributed by atoms with E-state index in [-0.39, 0.29) is 18.0 Å². The molecule has 1 saturated carbocycles. The summed E-state index contributed by atoms with van der Waals surface area (Å²) >= 11 is 0. The molecule has 0 bridgehead atoms. The van der Waals surface area contributed by atoms with Gasteiger partial charge in [0.15, 0.2) is 0 Å². The van der Waals surface area contributed by atoms with Crippen LogP contribution < -0.4 is 5.32 Å². The highest BCUT2D eigenvalue weighted by atomic mass is 16.4. The average molecular weight is 296 g/mol. The molecule has 1 saturated heterocycles. The maximum absolute atomic E-state index is 12.3. The second-order valence-electron chi connectivity index (χ2n) is 6.92. The number of aliphatic carboxylic acids is 1. The number of nitrogens with one attached hydrogen (secondary N) is 1. The second-order valence-corrected chi connectivity index (χ2v) is 6.92. The van der Waals surface area contributed by atoms with Crippen LogP contribution in [-0.2, 0) is 4.79 Å². The third-order valence-corrected chi connectivity index (χ3v) is 5.11. The zero-order valence-electron chi connectivity index (χ0n) is 13.2. The summed E-state index contributed by atoms with van der Waals surface area (Å²) < 4.78 is 0. The van der Waals surface area contributed by atoms with E-state index in [9.17, 15) is 9.59 Å². The topological polar surface area (TPSA) is 69.6 Å². The third kappa shape index (κ3) is 4.35. The lowest BCUT2D eigenvalue weighted by atomic mass is 9.89. The summed E-state index contributed by atoms with van der Waals surface area (Å²) in [5.41, 5.74) is 0. The fraction of sp³-hybridized carbons (Fsp3) is 0.875. The molecule has 1 heterocycles. The quantitative estimate of drug-likeness (QED) is 0.841. The number of carbonyl (C=O) groups is 2. The van der Waals surface area contributed by atoms with Gasteiger partial charge in [0.05, 0.1) is 5.92 Å². The molecular weight excluding hydrogens is 268 g/mol. The van der Waals surface area contributed by atoms with Crippen molar-refractivity contribution >= 4 is 12.0 Å². The Hall–Kier alpha value is -1.26. The van der Waals surface area contributed by atoms with Crippen LogP contribution in [-0.4, -0.2) is 41.1 Å². The highest BCUT2D eigenvalue weighted by Gasteiger charge is 2.31. The standard InChI is InChI=1S/C16H28N2O3/c1-11(2)12-4-3-8-18(9-7-12)16(21)17-14-6-5-13(10-14)15(19)20/h11-14H,3-10H2,1-2H3,(H,17,21)(H,19,20). The van der Waals surface area contributed by atoms with Gasteiger partial charge in [0, 0.05) is 19.1 Å². The van der Waals surface area contributed by atoms with Gasteiger partial charge in [0.1, 0.15) is 0 Å². The Morgan fingerprint density at radius 2 is 1.90 bits per heavy atom. The number of amides is 2. The first kappa shape index (κ1) is 16.1. The molecule has 5 heteroatoms. The van der Waals surface area contributed by atoms with E-state index in [1.165, 1.54) is 6.42 Å². The lowest BCUT2D eigenvalue weighted by molar-refractivity contribution is -0.141. The maximum Gasteiger partial charge on any atom is 0.317 e. The van der Waals surface area contributed by atoms with Crippen LogP contribution in [0.25, 0.3) is 0 Å². The number of hydrogen-bond donors (Lipinski definition) is 2. The molecule has 21 heavy (non-hydrogen) atoms. The number of hydrogen-bond acceptors (Lipinski definition) is 2. The van der Waals surface area contributed by atoms with Crippen LogP contribution in [0.3, 0.4) is 0 Å². The first-order chi connectivity index (χ1) is 9.97. The average Bonchev–Trinajstić information content (AvgIpc) is 2.74. The monoisotopic (exact) mass is 296 g/mol. The van der Waals surface area contributed by atoms with Gasteiger partial charge in [-0.2, -0.15) is 0 Å². The SMILES string of the molecule is CC(C)C1CCCN(C(=O)NC2CCC(C(=O)O)C2)CC1. The van der Waals surface area contributed by atoms with Crippen LogP contribution >= 0.6 is 0 Å². The third-order valence-electron chi connectivity index (χ3n) is 5.11. The Kier molecular flexibility index (Phi) is 5.48. The van der Waals surface area contributed by atoms with Gasteiger partial charge in [0.2, 0.25) is 0 Å². The summed E-state index contributed by atoms with van der Waals surface area (Å²) in [4.78, 5) is 25.2. The molecule has 1 aliphatic carbocycles. The molecule has 120 valence electrons. The summed E-state index contributed by atoms with van der Waals surface area (Å²) in [7, 11) is 0. The van der Waals surface area contributed by atoms with E-state index in [4.69, 9.17) is 5.11 Å². The normalized spacial score (nSPS) is 30.2. The molecule has 2 N–H and O–H groups in total. The number of carboxylic acid groups (broad SMARTS) is 1. The summed E-state index contributed by atoms with van der Waals surface area (Å²) in [6.07, 6.45) is 5.38. The van der Waals surface area contributed by atoms with Crippen LogP contribution in [0.5, 0.6) is 0 Å². The number of carbonyl (C=O) groups excluding carboxylic acids is 1. The molecule has 3 unspecified atom stereocenters. The highest BCUT2D eigenvalue weighted by Crippen LogP contribution is 2.27. The molecule has 0 aromatic carbocycles. The van der Waals surface area contributed by atoms with E-state index in [1.54, 1.807) is 0 Å². The van der Waals surface area contributed by atoms with Gasteiger partial charge >= 0.3 is 12.0 Å². The zero-order chi connectivity index (χ0) is 15.4. The minimum atomic E-state index is -0.735. The summed E-state index contributed by atoms with van der Waals surface area (Å²) in [5.74, 6) is 0.371. The number of likely N-dealkylation sites (tertiary alicyclic amines) is 1. The fourth-order valence-electron chi connectivity index (χ4n) is 3.59. The molecule has 5 nitrogen and oxygen atoms in total. The van der Waals surface area contributed by atoms with Gasteiger partial charge in [0.25, 0.3) is 0 Å². The molecular formula is C16H28N2O3. The minimum Gasteiger partial charge on any atom is -0.481 e. The van der Waals surface area contributed by atoms with E-state index in [2.05, 4.69) is 19.2 Å².